The van der Waals surface area contributed by atoms with Crippen molar-refractivity contribution in [3.05, 3.63) is 29.0 Å². The highest BCUT2D eigenvalue weighted by Gasteiger charge is 2.16. The van der Waals surface area contributed by atoms with Crippen molar-refractivity contribution in [2.75, 3.05) is 6.61 Å². The molecule has 0 saturated carbocycles. The minimum atomic E-state index is -0.492. The fraction of sp³-hybridized carbons (Fsp3) is 0.615. The van der Waals surface area contributed by atoms with Gasteiger partial charge in [0.15, 0.2) is 0 Å². The number of aromatic nitrogens is 1. The zero-order valence-electron chi connectivity index (χ0n) is 9.81. The van der Waals surface area contributed by atoms with E-state index in [9.17, 15) is 5.11 Å². The van der Waals surface area contributed by atoms with Gasteiger partial charge in [0.25, 0.3) is 0 Å². The van der Waals surface area contributed by atoms with Gasteiger partial charge in [0.05, 0.1) is 22.9 Å². The molecule has 17 heavy (non-hydrogen) atoms. The summed E-state index contributed by atoms with van der Waals surface area (Å²) in [4.78, 5) is 4.12. The Balaban J connectivity index is 1.72. The van der Waals surface area contributed by atoms with Gasteiger partial charge in [-0.15, -0.1) is 0 Å². The minimum absolute atomic E-state index is 0.403. The fourth-order valence-electron chi connectivity index (χ4n) is 2.14. The second-order valence-electron chi connectivity index (χ2n) is 4.48. The molecule has 94 valence electrons. The summed E-state index contributed by atoms with van der Waals surface area (Å²) in [6, 6.07) is 3.53. The normalized spacial score (nSPS) is 21.6. The first-order valence-electron chi connectivity index (χ1n) is 6.17. The highest BCUT2D eigenvalue weighted by molar-refractivity contribution is 6.30. The van der Waals surface area contributed by atoms with E-state index in [0.717, 1.165) is 32.3 Å². The molecule has 0 spiro atoms. The van der Waals surface area contributed by atoms with Gasteiger partial charge in [0.1, 0.15) is 0 Å². The lowest BCUT2D eigenvalue weighted by molar-refractivity contribution is 0.0939. The van der Waals surface area contributed by atoms with Gasteiger partial charge >= 0.3 is 0 Å². The Morgan fingerprint density at radius 1 is 1.53 bits per heavy atom. The van der Waals surface area contributed by atoms with E-state index in [1.807, 2.05) is 0 Å². The molecule has 2 atom stereocenters. The Labute approximate surface area is 107 Å². The number of aliphatic hydroxyl groups is 1. The van der Waals surface area contributed by atoms with Crippen LogP contribution in [-0.4, -0.2) is 22.8 Å². The zero-order chi connectivity index (χ0) is 12.1. The van der Waals surface area contributed by atoms with Crippen LogP contribution >= 0.6 is 11.6 Å². The number of hydrogen-bond donors (Lipinski definition) is 1. The minimum Gasteiger partial charge on any atom is -0.387 e. The van der Waals surface area contributed by atoms with E-state index < -0.39 is 6.10 Å². The van der Waals surface area contributed by atoms with Crippen LogP contribution in [0.1, 0.15) is 43.9 Å². The molecule has 1 aliphatic heterocycles. The third-order valence-corrected chi connectivity index (χ3v) is 3.34. The number of pyridine rings is 1. The SMILES string of the molecule is OC(CCCC1CCCO1)c1ccc(Cl)cn1. The number of hydrogen-bond acceptors (Lipinski definition) is 3. The summed E-state index contributed by atoms with van der Waals surface area (Å²) in [7, 11) is 0. The van der Waals surface area contributed by atoms with Gasteiger partial charge < -0.3 is 9.84 Å². The Morgan fingerprint density at radius 2 is 2.41 bits per heavy atom. The number of halogens is 1. The van der Waals surface area contributed by atoms with Crippen LogP contribution in [0.25, 0.3) is 0 Å². The van der Waals surface area contributed by atoms with Crippen molar-refractivity contribution in [3.63, 3.8) is 0 Å². The molecule has 4 heteroatoms. The second kappa shape index (κ2) is 6.34. The standard InChI is InChI=1S/C13H18ClNO2/c14-10-6-7-12(15-9-10)13(16)5-1-3-11-4-2-8-17-11/h6-7,9,11,13,16H,1-5,8H2. The highest BCUT2D eigenvalue weighted by atomic mass is 35.5. The maximum absolute atomic E-state index is 9.94. The molecule has 3 nitrogen and oxygen atoms in total. The van der Waals surface area contributed by atoms with Crippen molar-refractivity contribution in [1.82, 2.24) is 4.98 Å². The van der Waals surface area contributed by atoms with Gasteiger partial charge in [-0.25, -0.2) is 0 Å². The van der Waals surface area contributed by atoms with Gasteiger partial charge in [-0.2, -0.15) is 0 Å². The van der Waals surface area contributed by atoms with Crippen molar-refractivity contribution in [2.45, 2.75) is 44.3 Å². The molecule has 0 amide bonds. The van der Waals surface area contributed by atoms with Gasteiger partial charge in [-0.3, -0.25) is 4.98 Å². The van der Waals surface area contributed by atoms with Crippen LogP contribution in [0.4, 0.5) is 0 Å². The molecule has 0 radical (unpaired) electrons. The largest absolute Gasteiger partial charge is 0.387 e. The third kappa shape index (κ3) is 3.95. The number of rotatable bonds is 5. The fourth-order valence-corrected chi connectivity index (χ4v) is 2.25. The molecule has 2 rings (SSSR count). The average molecular weight is 256 g/mol. The summed E-state index contributed by atoms with van der Waals surface area (Å²) in [6.45, 7) is 0.895. The van der Waals surface area contributed by atoms with Gasteiger partial charge in [-0.05, 0) is 44.2 Å². The number of nitrogens with zero attached hydrogens (tertiary/aromatic N) is 1. The predicted octanol–water partition coefficient (Wildman–Crippen LogP) is 3.12. The van der Waals surface area contributed by atoms with E-state index >= 15 is 0 Å². The first-order valence-corrected chi connectivity index (χ1v) is 6.54. The summed E-state index contributed by atoms with van der Waals surface area (Å²) in [6.07, 6.45) is 6.55. The molecule has 1 aliphatic rings. The maximum Gasteiger partial charge on any atom is 0.0959 e. The third-order valence-electron chi connectivity index (χ3n) is 3.12. The molecule has 1 aromatic heterocycles. The van der Waals surface area contributed by atoms with Crippen molar-refractivity contribution < 1.29 is 9.84 Å². The van der Waals surface area contributed by atoms with Gasteiger partial charge in [0, 0.05) is 12.8 Å². The summed E-state index contributed by atoms with van der Waals surface area (Å²) in [5.74, 6) is 0. The summed E-state index contributed by atoms with van der Waals surface area (Å²) < 4.78 is 5.54. The summed E-state index contributed by atoms with van der Waals surface area (Å²) in [5, 5.41) is 10.5. The second-order valence-corrected chi connectivity index (χ2v) is 4.92. The van der Waals surface area contributed by atoms with Crippen LogP contribution < -0.4 is 0 Å². The number of aliphatic hydroxyl groups excluding tert-OH is 1. The van der Waals surface area contributed by atoms with E-state index in [1.54, 1.807) is 18.3 Å². The smallest absolute Gasteiger partial charge is 0.0959 e. The van der Waals surface area contributed by atoms with Crippen LogP contribution in [0.15, 0.2) is 18.3 Å². The monoisotopic (exact) mass is 255 g/mol. The average Bonchev–Trinajstić information content (AvgIpc) is 2.83. The van der Waals surface area contributed by atoms with Crippen molar-refractivity contribution >= 4 is 11.6 Å². The van der Waals surface area contributed by atoms with E-state index in [-0.39, 0.29) is 0 Å². The first kappa shape index (κ1) is 12.8. The van der Waals surface area contributed by atoms with E-state index in [4.69, 9.17) is 16.3 Å². The molecule has 0 aliphatic carbocycles. The Morgan fingerprint density at radius 3 is 3.06 bits per heavy atom. The first-order chi connectivity index (χ1) is 8.25. The summed E-state index contributed by atoms with van der Waals surface area (Å²) >= 11 is 5.75. The molecule has 1 N–H and O–H groups in total. The lowest BCUT2D eigenvalue weighted by atomic mass is 10.0. The molecule has 0 bridgehead atoms. The molecule has 1 aromatic rings. The van der Waals surface area contributed by atoms with E-state index in [1.165, 1.54) is 6.42 Å². The molecular weight excluding hydrogens is 238 g/mol. The Hall–Kier alpha value is -0.640. The van der Waals surface area contributed by atoms with E-state index in [0.29, 0.717) is 16.8 Å². The van der Waals surface area contributed by atoms with Crippen LogP contribution in [0.5, 0.6) is 0 Å². The van der Waals surface area contributed by atoms with Crippen molar-refractivity contribution in [2.24, 2.45) is 0 Å². The van der Waals surface area contributed by atoms with Crippen LogP contribution in [0, 0.1) is 0 Å². The number of ether oxygens (including phenoxy) is 1. The Bertz CT molecular complexity index is 336. The molecular formula is C13H18ClNO2. The zero-order valence-corrected chi connectivity index (χ0v) is 10.6. The van der Waals surface area contributed by atoms with Crippen molar-refractivity contribution in [3.8, 4) is 0 Å². The van der Waals surface area contributed by atoms with Crippen LogP contribution in [0.2, 0.25) is 5.02 Å². The molecule has 1 fully saturated rings. The van der Waals surface area contributed by atoms with Gasteiger partial charge in [0.2, 0.25) is 0 Å². The molecule has 2 unspecified atom stereocenters. The lowest BCUT2D eigenvalue weighted by Gasteiger charge is -2.12. The predicted molar refractivity (Wildman–Crippen MR) is 67.0 cm³/mol. The summed E-state index contributed by atoms with van der Waals surface area (Å²) in [5.41, 5.74) is 0.696. The molecule has 2 heterocycles. The highest BCUT2D eigenvalue weighted by Crippen LogP contribution is 2.22. The van der Waals surface area contributed by atoms with E-state index in [2.05, 4.69) is 4.98 Å². The maximum atomic E-state index is 9.94. The van der Waals surface area contributed by atoms with Crippen LogP contribution in [0.3, 0.4) is 0 Å². The van der Waals surface area contributed by atoms with Crippen molar-refractivity contribution in [1.29, 1.82) is 0 Å². The molecule has 0 aromatic carbocycles. The molecule has 1 saturated heterocycles. The lowest BCUT2D eigenvalue weighted by Crippen LogP contribution is -2.06. The van der Waals surface area contributed by atoms with Gasteiger partial charge in [-0.1, -0.05) is 11.6 Å². The topological polar surface area (TPSA) is 42.4 Å². The quantitative estimate of drug-likeness (QED) is 0.879. The van der Waals surface area contributed by atoms with Crippen LogP contribution in [-0.2, 0) is 4.74 Å². The Kier molecular flexibility index (Phi) is 4.77.